The lowest BCUT2D eigenvalue weighted by atomic mass is 9.92. The van der Waals surface area contributed by atoms with E-state index < -0.39 is 19.7 Å². The quantitative estimate of drug-likeness (QED) is 0.157. The third-order valence-electron chi connectivity index (χ3n) is 4.31. The SMILES string of the molecule is CCOC(=O)C(C#N)(COCSSCCCO)CO[Si](C)(C)C(C)(C)C. The van der Waals surface area contributed by atoms with Crippen molar-refractivity contribution < 1.29 is 23.8 Å². The molecule has 0 aliphatic heterocycles. The maximum absolute atomic E-state index is 12.4. The van der Waals surface area contributed by atoms with Crippen LogP contribution in [0.25, 0.3) is 0 Å². The summed E-state index contributed by atoms with van der Waals surface area (Å²) in [6.45, 7) is 12.5. The summed E-state index contributed by atoms with van der Waals surface area (Å²) in [5.74, 6) is 0.568. The highest BCUT2D eigenvalue weighted by Crippen LogP contribution is 2.38. The Labute approximate surface area is 166 Å². The predicted octanol–water partition coefficient (Wildman–Crippen LogP) is 3.82. The fourth-order valence-electron chi connectivity index (χ4n) is 1.53. The van der Waals surface area contributed by atoms with E-state index in [1.54, 1.807) is 17.7 Å². The smallest absolute Gasteiger partial charge is 0.331 e. The van der Waals surface area contributed by atoms with Crippen LogP contribution >= 0.6 is 21.6 Å². The highest BCUT2D eigenvalue weighted by Gasteiger charge is 2.45. The van der Waals surface area contributed by atoms with Crippen molar-refractivity contribution in [3.05, 3.63) is 0 Å². The fraction of sp³-hybridized carbons (Fsp3) is 0.882. The first-order chi connectivity index (χ1) is 12.1. The molecular weight excluding hydrogens is 390 g/mol. The second-order valence-electron chi connectivity index (χ2n) is 7.45. The Balaban J connectivity index is 4.87. The first kappa shape index (κ1) is 25.8. The molecule has 0 fully saturated rings. The van der Waals surface area contributed by atoms with Crippen molar-refractivity contribution in [3.8, 4) is 6.07 Å². The van der Waals surface area contributed by atoms with E-state index in [2.05, 4.69) is 39.9 Å². The number of esters is 1. The number of carbonyl (C=O) groups is 1. The van der Waals surface area contributed by atoms with Crippen LogP contribution in [0.5, 0.6) is 0 Å². The molecular formula is C17H33NO5S2Si. The van der Waals surface area contributed by atoms with Gasteiger partial charge in [0.1, 0.15) is 5.94 Å². The Kier molecular flexibility index (Phi) is 12.1. The van der Waals surface area contributed by atoms with Crippen molar-refractivity contribution in [3.63, 3.8) is 0 Å². The molecule has 0 aliphatic carbocycles. The van der Waals surface area contributed by atoms with Gasteiger partial charge in [-0.05, 0) is 31.5 Å². The van der Waals surface area contributed by atoms with Gasteiger partial charge in [-0.25, -0.2) is 0 Å². The fourth-order valence-corrected chi connectivity index (χ4v) is 4.27. The molecule has 0 saturated carbocycles. The Morgan fingerprint density at radius 3 is 2.38 bits per heavy atom. The van der Waals surface area contributed by atoms with Gasteiger partial charge in [0, 0.05) is 12.4 Å². The van der Waals surface area contributed by atoms with Crippen molar-refractivity contribution >= 4 is 35.9 Å². The number of nitriles is 1. The van der Waals surface area contributed by atoms with Crippen LogP contribution in [0.4, 0.5) is 0 Å². The third-order valence-corrected chi connectivity index (χ3v) is 11.0. The van der Waals surface area contributed by atoms with Gasteiger partial charge < -0.3 is 19.0 Å². The van der Waals surface area contributed by atoms with Crippen molar-refractivity contribution in [2.45, 2.75) is 52.2 Å². The molecule has 1 unspecified atom stereocenters. The molecule has 0 saturated heterocycles. The predicted molar refractivity (Wildman–Crippen MR) is 110 cm³/mol. The molecule has 0 radical (unpaired) electrons. The molecule has 0 amide bonds. The van der Waals surface area contributed by atoms with Crippen molar-refractivity contribution in [1.29, 1.82) is 5.26 Å². The Hall–Kier alpha value is -0.243. The Morgan fingerprint density at radius 2 is 1.88 bits per heavy atom. The standard InChI is InChI=1S/C17H33NO5S2Si/c1-7-22-15(20)17(11-18,12-21-14-25-24-10-8-9-19)13-23-26(5,6)16(2,3)4/h19H,7-10,12-14H2,1-6H3. The van der Waals surface area contributed by atoms with Crippen LogP contribution in [0.1, 0.15) is 34.1 Å². The van der Waals surface area contributed by atoms with Gasteiger partial charge in [0.2, 0.25) is 0 Å². The minimum atomic E-state index is -2.12. The van der Waals surface area contributed by atoms with Crippen LogP contribution in [-0.2, 0) is 18.7 Å². The number of hydrogen-bond donors (Lipinski definition) is 1. The summed E-state index contributed by atoms with van der Waals surface area (Å²) in [4.78, 5) is 12.4. The van der Waals surface area contributed by atoms with Crippen molar-refractivity contribution in [2.24, 2.45) is 5.41 Å². The van der Waals surface area contributed by atoms with E-state index in [0.717, 1.165) is 12.2 Å². The summed E-state index contributed by atoms with van der Waals surface area (Å²) in [5.41, 5.74) is -1.46. The maximum atomic E-state index is 12.4. The molecule has 6 nitrogen and oxygen atoms in total. The van der Waals surface area contributed by atoms with Crippen molar-refractivity contribution in [2.75, 3.05) is 38.1 Å². The molecule has 0 bridgehead atoms. The molecule has 0 rings (SSSR count). The first-order valence-corrected chi connectivity index (χ1v) is 14.1. The lowest BCUT2D eigenvalue weighted by molar-refractivity contribution is -0.156. The first-order valence-electron chi connectivity index (χ1n) is 8.72. The highest BCUT2D eigenvalue weighted by molar-refractivity contribution is 8.76. The molecule has 26 heavy (non-hydrogen) atoms. The van der Waals surface area contributed by atoms with Gasteiger partial charge in [-0.2, -0.15) is 5.26 Å². The van der Waals surface area contributed by atoms with Gasteiger partial charge in [0.15, 0.2) is 13.7 Å². The number of aliphatic hydroxyl groups is 1. The summed E-state index contributed by atoms with van der Waals surface area (Å²) in [6.07, 6.45) is 0.725. The van der Waals surface area contributed by atoms with Crippen LogP contribution in [-0.4, -0.2) is 57.5 Å². The maximum Gasteiger partial charge on any atom is 0.331 e. The van der Waals surface area contributed by atoms with Crippen molar-refractivity contribution in [1.82, 2.24) is 0 Å². The second-order valence-corrected chi connectivity index (χ2v) is 14.8. The van der Waals surface area contributed by atoms with Gasteiger partial charge in [-0.15, -0.1) is 0 Å². The number of nitrogens with zero attached hydrogens (tertiary/aromatic N) is 1. The molecule has 0 aromatic heterocycles. The minimum absolute atomic E-state index is 0.0249. The highest BCUT2D eigenvalue weighted by atomic mass is 33.1. The number of hydrogen-bond acceptors (Lipinski definition) is 8. The molecule has 152 valence electrons. The second kappa shape index (κ2) is 12.3. The van der Waals surface area contributed by atoms with E-state index in [0.29, 0.717) is 5.94 Å². The van der Waals surface area contributed by atoms with Crippen LogP contribution in [0.3, 0.4) is 0 Å². The molecule has 0 heterocycles. The number of ether oxygens (including phenoxy) is 2. The average molecular weight is 424 g/mol. The van der Waals surface area contributed by atoms with Gasteiger partial charge >= 0.3 is 5.97 Å². The van der Waals surface area contributed by atoms with Crippen LogP contribution < -0.4 is 0 Å². The summed E-state index contributed by atoms with van der Waals surface area (Å²) >= 11 is 0. The number of aliphatic hydroxyl groups excluding tert-OH is 1. The summed E-state index contributed by atoms with van der Waals surface area (Å²) in [7, 11) is 0.954. The van der Waals surface area contributed by atoms with Gasteiger partial charge in [0.25, 0.3) is 0 Å². The third kappa shape index (κ3) is 8.63. The molecule has 1 N–H and O–H groups in total. The van der Waals surface area contributed by atoms with Crippen LogP contribution in [0.2, 0.25) is 18.1 Å². The molecule has 0 aliphatic rings. The van der Waals surface area contributed by atoms with E-state index in [4.69, 9.17) is 19.0 Å². The van der Waals surface area contributed by atoms with E-state index in [9.17, 15) is 10.1 Å². The van der Waals surface area contributed by atoms with Gasteiger partial charge in [-0.3, -0.25) is 4.79 Å². The van der Waals surface area contributed by atoms with E-state index >= 15 is 0 Å². The van der Waals surface area contributed by atoms with E-state index in [-0.39, 0.29) is 31.5 Å². The Bertz CT molecular complexity index is 465. The lowest BCUT2D eigenvalue weighted by Gasteiger charge is -2.38. The lowest BCUT2D eigenvalue weighted by Crippen LogP contribution is -2.48. The van der Waals surface area contributed by atoms with E-state index in [1.807, 2.05) is 0 Å². The number of carbonyl (C=O) groups excluding carboxylic acids is 1. The van der Waals surface area contributed by atoms with Crippen LogP contribution in [0.15, 0.2) is 0 Å². The van der Waals surface area contributed by atoms with E-state index in [1.165, 1.54) is 10.8 Å². The zero-order valence-electron chi connectivity index (χ0n) is 16.8. The summed E-state index contributed by atoms with van der Waals surface area (Å²) in [6, 6.07) is 2.08. The minimum Gasteiger partial charge on any atom is -0.465 e. The molecule has 0 spiro atoms. The number of rotatable bonds is 13. The largest absolute Gasteiger partial charge is 0.465 e. The zero-order chi connectivity index (χ0) is 20.3. The monoisotopic (exact) mass is 423 g/mol. The summed E-state index contributed by atoms with van der Waals surface area (Å²) < 4.78 is 16.8. The molecule has 0 aromatic carbocycles. The molecule has 1 atom stereocenters. The normalized spacial score (nSPS) is 14.5. The zero-order valence-corrected chi connectivity index (χ0v) is 19.4. The van der Waals surface area contributed by atoms with Crippen LogP contribution in [0, 0.1) is 16.7 Å². The molecule has 0 aromatic rings. The van der Waals surface area contributed by atoms with Gasteiger partial charge in [-0.1, -0.05) is 42.4 Å². The Morgan fingerprint density at radius 1 is 1.23 bits per heavy atom. The topological polar surface area (TPSA) is 88.8 Å². The average Bonchev–Trinajstić information content (AvgIpc) is 2.56. The van der Waals surface area contributed by atoms with Gasteiger partial charge in [0.05, 0.1) is 25.9 Å². The molecule has 9 heteroatoms. The summed E-state index contributed by atoms with van der Waals surface area (Å²) in [5, 5.41) is 18.4.